The highest BCUT2D eigenvalue weighted by Gasteiger charge is 2.38. The van der Waals surface area contributed by atoms with Gasteiger partial charge < -0.3 is 14.2 Å². The lowest BCUT2D eigenvalue weighted by atomic mass is 9.97. The fourth-order valence-electron chi connectivity index (χ4n) is 4.94. The van der Waals surface area contributed by atoms with Gasteiger partial charge in [-0.05, 0) is 56.0 Å². The maximum absolute atomic E-state index is 6.39. The highest BCUT2D eigenvalue weighted by molar-refractivity contribution is 6.01. The average molecular weight is 409 g/mol. The molecule has 154 valence electrons. The molecule has 6 rings (SSSR count). The number of hydrogen-bond acceptors (Lipinski definition) is 5. The molecule has 5 heteroatoms. The predicted octanol–water partition coefficient (Wildman–Crippen LogP) is 6.67. The first-order valence-electron chi connectivity index (χ1n) is 10.8. The minimum Gasteiger partial charge on any atom is -0.436 e. The van der Waals surface area contributed by atoms with Gasteiger partial charge in [-0.15, -0.1) is 0 Å². The first-order chi connectivity index (χ1) is 15.1. The molecule has 1 unspecified atom stereocenters. The van der Waals surface area contributed by atoms with E-state index < -0.39 is 0 Å². The van der Waals surface area contributed by atoms with E-state index in [1.807, 2.05) is 24.5 Å². The van der Waals surface area contributed by atoms with Gasteiger partial charge in [0.25, 0.3) is 0 Å². The van der Waals surface area contributed by atoms with Crippen LogP contribution in [0, 0.1) is 12.8 Å². The van der Waals surface area contributed by atoms with E-state index in [0.29, 0.717) is 5.92 Å². The summed E-state index contributed by atoms with van der Waals surface area (Å²) in [5.74, 6) is 2.13. The summed E-state index contributed by atoms with van der Waals surface area (Å²) in [6.07, 6.45) is 4.85. The molecule has 4 heterocycles. The largest absolute Gasteiger partial charge is 0.436 e. The fraction of sp³-hybridized carbons (Fsp3) is 0.231. The molecule has 0 saturated heterocycles. The van der Waals surface area contributed by atoms with Crippen molar-refractivity contribution < 1.29 is 4.42 Å². The Labute approximate surface area is 181 Å². The van der Waals surface area contributed by atoms with Crippen LogP contribution in [0.2, 0.25) is 0 Å². The number of hydrogen-bond donors (Lipinski definition) is 0. The number of benzene rings is 2. The van der Waals surface area contributed by atoms with Gasteiger partial charge in [0.1, 0.15) is 6.17 Å². The molecule has 0 N–H and O–H groups in total. The molecule has 0 saturated carbocycles. The Hall–Kier alpha value is -3.60. The minimum atomic E-state index is 0.0427. The summed E-state index contributed by atoms with van der Waals surface area (Å²) in [7, 11) is 0. The molecule has 0 aliphatic carbocycles. The van der Waals surface area contributed by atoms with E-state index in [0.717, 1.165) is 46.2 Å². The van der Waals surface area contributed by atoms with Crippen LogP contribution in [-0.4, -0.2) is 17.4 Å². The summed E-state index contributed by atoms with van der Waals surface area (Å²) in [6, 6.07) is 19.0. The van der Waals surface area contributed by atoms with Crippen LogP contribution in [0.4, 0.5) is 28.8 Å². The molecule has 2 aromatic heterocycles. The first kappa shape index (κ1) is 18.2. The molecule has 0 radical (unpaired) electrons. The van der Waals surface area contributed by atoms with Gasteiger partial charge in [0.05, 0.1) is 11.4 Å². The fourth-order valence-corrected chi connectivity index (χ4v) is 4.94. The second kappa shape index (κ2) is 6.71. The summed E-state index contributed by atoms with van der Waals surface area (Å²) in [5.41, 5.74) is 6.60. The molecule has 2 aromatic carbocycles. The molecule has 0 amide bonds. The monoisotopic (exact) mass is 408 g/mol. The highest BCUT2D eigenvalue weighted by atomic mass is 16.3. The molecule has 5 nitrogen and oxygen atoms in total. The zero-order valence-electron chi connectivity index (χ0n) is 17.9. The van der Waals surface area contributed by atoms with Crippen molar-refractivity contribution in [3.05, 3.63) is 71.9 Å². The smallest absolute Gasteiger partial charge is 0.223 e. The number of anilines is 4. The Morgan fingerprint density at radius 3 is 2.65 bits per heavy atom. The summed E-state index contributed by atoms with van der Waals surface area (Å²) >= 11 is 0. The normalized spacial score (nSPS) is 19.7. The van der Waals surface area contributed by atoms with Gasteiger partial charge in [0.15, 0.2) is 11.4 Å². The summed E-state index contributed by atoms with van der Waals surface area (Å²) in [6.45, 7) is 6.56. The van der Waals surface area contributed by atoms with Crippen LogP contribution in [0.1, 0.15) is 25.0 Å². The van der Waals surface area contributed by atoms with Crippen molar-refractivity contribution in [3.8, 4) is 0 Å². The number of aliphatic imine (C=N–C) groups is 1. The molecule has 2 aliphatic rings. The lowest BCUT2D eigenvalue weighted by Crippen LogP contribution is -2.35. The molecule has 0 bridgehead atoms. The van der Waals surface area contributed by atoms with E-state index in [2.05, 4.69) is 78.0 Å². The Bertz CT molecular complexity index is 1320. The van der Waals surface area contributed by atoms with Crippen LogP contribution < -0.4 is 9.80 Å². The summed E-state index contributed by atoms with van der Waals surface area (Å²) in [4.78, 5) is 14.0. The maximum Gasteiger partial charge on any atom is 0.223 e. The quantitative estimate of drug-likeness (QED) is 0.372. The number of rotatable bonds is 2. The number of nitrogens with zero attached hydrogens (tertiary/aromatic N) is 4. The van der Waals surface area contributed by atoms with Crippen LogP contribution in [0.15, 0.2) is 70.2 Å². The number of para-hydroxylation sites is 1. The van der Waals surface area contributed by atoms with Gasteiger partial charge >= 0.3 is 0 Å². The minimum absolute atomic E-state index is 0.0427. The third kappa shape index (κ3) is 2.62. The van der Waals surface area contributed by atoms with Crippen molar-refractivity contribution in [1.29, 1.82) is 0 Å². The second-order valence-electron chi connectivity index (χ2n) is 8.51. The van der Waals surface area contributed by atoms with Crippen molar-refractivity contribution in [2.45, 2.75) is 33.4 Å². The van der Waals surface area contributed by atoms with Crippen molar-refractivity contribution in [2.24, 2.45) is 10.9 Å². The van der Waals surface area contributed by atoms with E-state index >= 15 is 0 Å². The Kier molecular flexibility index (Phi) is 3.93. The van der Waals surface area contributed by atoms with Crippen molar-refractivity contribution in [3.63, 3.8) is 0 Å². The first-order valence-corrected chi connectivity index (χ1v) is 10.8. The van der Waals surface area contributed by atoms with Gasteiger partial charge in [-0.1, -0.05) is 37.3 Å². The van der Waals surface area contributed by atoms with Gasteiger partial charge in [-0.3, -0.25) is 0 Å². The van der Waals surface area contributed by atoms with Gasteiger partial charge in [0.2, 0.25) is 5.88 Å². The Balaban J connectivity index is 1.58. The third-order valence-electron chi connectivity index (χ3n) is 6.36. The van der Waals surface area contributed by atoms with Crippen LogP contribution in [-0.2, 0) is 6.42 Å². The van der Waals surface area contributed by atoms with Crippen LogP contribution >= 0.6 is 0 Å². The lowest BCUT2D eigenvalue weighted by Gasteiger charge is -2.30. The molecule has 2 atom stereocenters. The van der Waals surface area contributed by atoms with E-state index in [1.165, 1.54) is 11.1 Å². The molecule has 31 heavy (non-hydrogen) atoms. The van der Waals surface area contributed by atoms with Crippen LogP contribution in [0.5, 0.6) is 0 Å². The lowest BCUT2D eigenvalue weighted by molar-refractivity contribution is 0.607. The van der Waals surface area contributed by atoms with E-state index in [-0.39, 0.29) is 6.17 Å². The maximum atomic E-state index is 6.39. The van der Waals surface area contributed by atoms with Crippen LogP contribution in [0.25, 0.3) is 11.0 Å². The summed E-state index contributed by atoms with van der Waals surface area (Å²) < 4.78 is 6.39. The van der Waals surface area contributed by atoms with Crippen molar-refractivity contribution >= 4 is 45.9 Å². The number of fused-ring (bicyclic) bond motifs is 4. The highest BCUT2D eigenvalue weighted by Crippen LogP contribution is 2.50. The number of aromatic nitrogens is 1. The van der Waals surface area contributed by atoms with Crippen LogP contribution in [0.3, 0.4) is 0 Å². The summed E-state index contributed by atoms with van der Waals surface area (Å²) in [5, 5.41) is 1.16. The molecular formula is C26H24N4O. The van der Waals surface area contributed by atoms with Crippen molar-refractivity contribution in [1.82, 2.24) is 4.98 Å². The van der Waals surface area contributed by atoms with E-state index in [4.69, 9.17) is 9.40 Å². The molecule has 0 spiro atoms. The Morgan fingerprint density at radius 1 is 0.968 bits per heavy atom. The molecule has 2 aliphatic heterocycles. The second-order valence-corrected chi connectivity index (χ2v) is 8.51. The van der Waals surface area contributed by atoms with Gasteiger partial charge in [-0.25, -0.2) is 9.98 Å². The number of furan rings is 1. The zero-order valence-corrected chi connectivity index (χ0v) is 17.9. The van der Waals surface area contributed by atoms with Crippen molar-refractivity contribution in [2.75, 3.05) is 9.80 Å². The molecular weight excluding hydrogens is 384 g/mol. The van der Waals surface area contributed by atoms with Gasteiger partial charge in [0, 0.05) is 29.0 Å². The van der Waals surface area contributed by atoms with E-state index in [1.54, 1.807) is 0 Å². The number of pyridine rings is 1. The predicted molar refractivity (Wildman–Crippen MR) is 126 cm³/mol. The third-order valence-corrected chi connectivity index (χ3v) is 6.36. The zero-order chi connectivity index (χ0) is 21.1. The van der Waals surface area contributed by atoms with E-state index in [9.17, 15) is 0 Å². The standard InChI is InChI=1S/C26H24N4O/c1-16-14-21-20-12-11-17(2)23(24(20)31-26(21)28-15-16)30-18(3)29(19-8-5-4-6-9-19)25-22(30)10-7-13-27-25/h4-13,15-16,18H,14H2,1-3H3/t16?,18-/m0/s1. The number of aryl methyl sites for hydroxylation is 1. The average Bonchev–Trinajstić information content (AvgIpc) is 3.29. The molecule has 0 fully saturated rings. The Morgan fingerprint density at radius 2 is 1.81 bits per heavy atom. The van der Waals surface area contributed by atoms with Gasteiger partial charge in [-0.2, -0.15) is 0 Å². The molecule has 4 aromatic rings. The SMILES string of the molecule is Cc1ccc2c3c(oc2c1N1c2cccnc2N(c2ccccc2)[C@@H]1C)N=CC(C)C3. The topological polar surface area (TPSA) is 44.9 Å².